The van der Waals surface area contributed by atoms with Crippen LogP contribution in [0.4, 0.5) is 13.2 Å². The maximum atomic E-state index is 12.2. The molecule has 0 saturated carbocycles. The van der Waals surface area contributed by atoms with Crippen LogP contribution in [0.2, 0.25) is 0 Å². The highest BCUT2D eigenvalue weighted by Crippen LogP contribution is 2.24. The van der Waals surface area contributed by atoms with Gasteiger partial charge in [0.15, 0.2) is 0 Å². The van der Waals surface area contributed by atoms with Crippen LogP contribution in [0, 0.1) is 0 Å². The Hall–Kier alpha value is -2.70. The molecule has 0 unspecified atom stereocenters. The lowest BCUT2D eigenvalue weighted by molar-refractivity contribution is -0.274. The molecule has 0 aliphatic rings. The largest absolute Gasteiger partial charge is 0.573 e. The molecule has 3 rings (SSSR count). The van der Waals surface area contributed by atoms with Gasteiger partial charge in [0.05, 0.1) is 9.77 Å². The molecule has 154 valence electrons. The molecule has 0 spiro atoms. The lowest BCUT2D eigenvalue weighted by Gasteiger charge is -2.10. The normalized spacial score (nSPS) is 12.0. The first kappa shape index (κ1) is 21.0. The van der Waals surface area contributed by atoms with Gasteiger partial charge >= 0.3 is 6.36 Å². The first-order valence-corrected chi connectivity index (χ1v) is 10.5. The number of hydrogen-bond donors (Lipinski definition) is 1. The summed E-state index contributed by atoms with van der Waals surface area (Å²) in [6.07, 6.45) is -4.85. The number of aromatic nitrogens is 2. The molecule has 7 nitrogen and oxygen atoms in total. The van der Waals surface area contributed by atoms with Crippen LogP contribution in [-0.2, 0) is 10.0 Å². The van der Waals surface area contributed by atoms with Crippen LogP contribution in [0.5, 0.6) is 11.6 Å². The topological polar surface area (TPSA) is 90.4 Å². The Labute approximate surface area is 168 Å². The molecule has 0 radical (unpaired) electrons. The number of sulfonamides is 1. The molecule has 1 aromatic carbocycles. The van der Waals surface area contributed by atoms with Gasteiger partial charge in [-0.2, -0.15) is 0 Å². The Morgan fingerprint density at radius 2 is 1.79 bits per heavy atom. The molecule has 2 aromatic heterocycles. The van der Waals surface area contributed by atoms with Crippen LogP contribution in [0.15, 0.2) is 58.8 Å². The number of thiophene rings is 1. The third-order valence-electron chi connectivity index (χ3n) is 3.43. The van der Waals surface area contributed by atoms with E-state index in [-0.39, 0.29) is 23.9 Å². The van der Waals surface area contributed by atoms with Crippen molar-refractivity contribution in [3.05, 3.63) is 53.9 Å². The number of rotatable bonds is 8. The van der Waals surface area contributed by atoms with Gasteiger partial charge in [0.25, 0.3) is 0 Å². The van der Waals surface area contributed by atoms with Crippen molar-refractivity contribution < 1.29 is 31.1 Å². The van der Waals surface area contributed by atoms with Crippen molar-refractivity contribution in [2.45, 2.75) is 11.3 Å². The molecule has 1 N–H and O–H groups in total. The summed E-state index contributed by atoms with van der Waals surface area (Å²) in [5.41, 5.74) is 0.700. The molecule has 3 aromatic rings. The van der Waals surface area contributed by atoms with Crippen LogP contribution in [0.3, 0.4) is 0 Å². The number of ether oxygens (including phenoxy) is 2. The van der Waals surface area contributed by atoms with E-state index in [1.165, 1.54) is 11.3 Å². The van der Waals surface area contributed by atoms with Gasteiger partial charge in [-0.25, -0.2) is 13.1 Å². The minimum Gasteiger partial charge on any atom is -0.475 e. The fourth-order valence-electron chi connectivity index (χ4n) is 2.19. The third kappa shape index (κ3) is 6.14. The van der Waals surface area contributed by atoms with E-state index in [1.807, 2.05) is 17.5 Å². The number of benzene rings is 1. The van der Waals surface area contributed by atoms with Crippen LogP contribution in [0.25, 0.3) is 10.6 Å². The van der Waals surface area contributed by atoms with E-state index < -0.39 is 22.1 Å². The third-order valence-corrected chi connectivity index (χ3v) is 5.79. The number of halogens is 3. The van der Waals surface area contributed by atoms with Crippen molar-refractivity contribution in [1.82, 2.24) is 14.9 Å². The van der Waals surface area contributed by atoms with E-state index >= 15 is 0 Å². The zero-order valence-corrected chi connectivity index (χ0v) is 16.2. The summed E-state index contributed by atoms with van der Waals surface area (Å²) >= 11 is 1.52. The SMILES string of the molecule is O=S(=O)(NCCOc1ccc(-c2cccs2)nn1)c1ccc(OC(F)(F)F)cc1. The minimum absolute atomic E-state index is 0.0124. The smallest absolute Gasteiger partial charge is 0.475 e. The Bertz CT molecular complexity index is 1020. The second-order valence-electron chi connectivity index (χ2n) is 5.50. The van der Waals surface area contributed by atoms with Crippen LogP contribution in [-0.4, -0.2) is 38.1 Å². The van der Waals surface area contributed by atoms with Gasteiger partial charge < -0.3 is 9.47 Å². The zero-order chi connectivity index (χ0) is 20.9. The molecule has 0 atom stereocenters. The Morgan fingerprint density at radius 1 is 1.03 bits per heavy atom. The van der Waals surface area contributed by atoms with Crippen LogP contribution < -0.4 is 14.2 Å². The van der Waals surface area contributed by atoms with Crippen molar-refractivity contribution >= 4 is 21.4 Å². The fraction of sp³-hybridized carbons (Fsp3) is 0.176. The monoisotopic (exact) mass is 445 g/mol. The van der Waals surface area contributed by atoms with E-state index in [1.54, 1.807) is 12.1 Å². The summed E-state index contributed by atoms with van der Waals surface area (Å²) in [5, 5.41) is 9.87. The lowest BCUT2D eigenvalue weighted by Crippen LogP contribution is -2.28. The number of nitrogens with zero attached hydrogens (tertiary/aromatic N) is 2. The van der Waals surface area contributed by atoms with Crippen molar-refractivity contribution in [2.75, 3.05) is 13.2 Å². The Kier molecular flexibility index (Phi) is 6.35. The summed E-state index contributed by atoms with van der Waals surface area (Å²) < 4.78 is 72.1. The van der Waals surface area contributed by atoms with E-state index in [0.717, 1.165) is 29.1 Å². The van der Waals surface area contributed by atoms with E-state index in [0.29, 0.717) is 5.69 Å². The summed E-state index contributed by atoms with van der Waals surface area (Å²) in [7, 11) is -3.91. The van der Waals surface area contributed by atoms with Crippen molar-refractivity contribution in [2.24, 2.45) is 0 Å². The molecule has 0 aliphatic carbocycles. The van der Waals surface area contributed by atoms with Gasteiger partial charge in [0, 0.05) is 12.6 Å². The van der Waals surface area contributed by atoms with Crippen LogP contribution >= 0.6 is 11.3 Å². The molecule has 0 amide bonds. The summed E-state index contributed by atoms with van der Waals surface area (Å²) in [6.45, 7) is -0.0843. The highest BCUT2D eigenvalue weighted by molar-refractivity contribution is 7.89. The molecule has 2 heterocycles. The van der Waals surface area contributed by atoms with Gasteiger partial charge in [-0.15, -0.1) is 34.7 Å². The molecule has 29 heavy (non-hydrogen) atoms. The maximum absolute atomic E-state index is 12.2. The molecule has 0 saturated heterocycles. The predicted octanol–water partition coefficient (Wildman–Crippen LogP) is 3.46. The van der Waals surface area contributed by atoms with E-state index in [9.17, 15) is 21.6 Å². The Balaban J connectivity index is 1.49. The summed E-state index contributed by atoms with van der Waals surface area (Å²) in [4.78, 5) is 0.760. The van der Waals surface area contributed by atoms with Gasteiger partial charge in [0.2, 0.25) is 15.9 Å². The van der Waals surface area contributed by atoms with Crippen molar-refractivity contribution in [1.29, 1.82) is 0 Å². The standard InChI is InChI=1S/C17H14F3N3O4S2/c18-17(19,20)27-12-3-5-13(6-4-12)29(24,25)21-9-10-26-16-8-7-14(22-23-16)15-2-1-11-28-15/h1-8,11,21H,9-10H2. The highest BCUT2D eigenvalue weighted by atomic mass is 32.2. The lowest BCUT2D eigenvalue weighted by atomic mass is 10.3. The molecule has 12 heteroatoms. The van der Waals surface area contributed by atoms with Crippen molar-refractivity contribution in [3.8, 4) is 22.2 Å². The molecular formula is C17H14F3N3O4S2. The second kappa shape index (κ2) is 8.76. The molecule has 0 bridgehead atoms. The van der Waals surface area contributed by atoms with Gasteiger partial charge in [-0.1, -0.05) is 6.07 Å². The van der Waals surface area contributed by atoms with Crippen molar-refractivity contribution in [3.63, 3.8) is 0 Å². The van der Waals surface area contributed by atoms with E-state index in [4.69, 9.17) is 4.74 Å². The molecule has 0 aliphatic heterocycles. The first-order valence-electron chi connectivity index (χ1n) is 8.09. The average molecular weight is 445 g/mol. The number of hydrogen-bond acceptors (Lipinski definition) is 7. The summed E-state index contributed by atoms with van der Waals surface area (Å²) in [5.74, 6) is -0.275. The van der Waals surface area contributed by atoms with Crippen LogP contribution in [0.1, 0.15) is 0 Å². The van der Waals surface area contributed by atoms with Gasteiger partial charge in [-0.3, -0.25) is 0 Å². The molecular weight excluding hydrogens is 431 g/mol. The summed E-state index contributed by atoms with van der Waals surface area (Å²) in [6, 6.07) is 11.0. The fourth-order valence-corrected chi connectivity index (χ4v) is 3.89. The van der Waals surface area contributed by atoms with Gasteiger partial charge in [0.1, 0.15) is 18.1 Å². The zero-order valence-electron chi connectivity index (χ0n) is 14.6. The quantitative estimate of drug-likeness (QED) is 0.534. The predicted molar refractivity (Wildman–Crippen MR) is 99.2 cm³/mol. The minimum atomic E-state index is -4.85. The Morgan fingerprint density at radius 3 is 2.38 bits per heavy atom. The second-order valence-corrected chi connectivity index (χ2v) is 8.21. The maximum Gasteiger partial charge on any atom is 0.573 e. The number of alkyl halides is 3. The molecule has 0 fully saturated rings. The van der Waals surface area contributed by atoms with Gasteiger partial charge in [-0.05, 0) is 41.8 Å². The number of nitrogens with one attached hydrogen (secondary N) is 1. The average Bonchev–Trinajstić information content (AvgIpc) is 3.20. The first-order chi connectivity index (χ1) is 13.7. The highest BCUT2D eigenvalue weighted by Gasteiger charge is 2.31. The van der Waals surface area contributed by atoms with E-state index in [2.05, 4.69) is 19.7 Å².